The first-order valence-electron chi connectivity index (χ1n) is 9.62. The van der Waals surface area contributed by atoms with Gasteiger partial charge in [-0.25, -0.2) is 4.79 Å². The Hall–Kier alpha value is -3.02. The fourth-order valence-corrected chi connectivity index (χ4v) is 3.47. The summed E-state index contributed by atoms with van der Waals surface area (Å²) in [5.41, 5.74) is 1.55. The van der Waals surface area contributed by atoms with Gasteiger partial charge in [0.05, 0.1) is 7.11 Å². The molecule has 1 fully saturated rings. The number of hydrogen-bond acceptors (Lipinski definition) is 3. The van der Waals surface area contributed by atoms with Crippen LogP contribution in [0, 0.1) is 11.8 Å². The Morgan fingerprint density at radius 2 is 1.57 bits per heavy atom. The van der Waals surface area contributed by atoms with Crippen LogP contribution in [0.4, 0.5) is 16.2 Å². The Morgan fingerprint density at radius 3 is 2.18 bits per heavy atom. The maximum absolute atomic E-state index is 12.6. The fourth-order valence-electron chi connectivity index (χ4n) is 3.47. The highest BCUT2D eigenvalue weighted by Crippen LogP contribution is 2.27. The average Bonchev–Trinajstić information content (AvgIpc) is 2.74. The van der Waals surface area contributed by atoms with Crippen LogP contribution in [0.25, 0.3) is 0 Å². The molecule has 28 heavy (non-hydrogen) atoms. The molecule has 2 aromatic carbocycles. The third-order valence-corrected chi connectivity index (χ3v) is 5.33. The molecular weight excluding hydrogens is 354 g/mol. The maximum Gasteiger partial charge on any atom is 0.321 e. The summed E-state index contributed by atoms with van der Waals surface area (Å²) in [5.74, 6) is 0.921. The minimum absolute atomic E-state index is 0.0114. The highest BCUT2D eigenvalue weighted by Gasteiger charge is 2.29. The fraction of sp³-hybridized carbons (Fsp3) is 0.364. The first-order valence-corrected chi connectivity index (χ1v) is 9.62. The zero-order valence-corrected chi connectivity index (χ0v) is 16.4. The molecule has 148 valence electrons. The van der Waals surface area contributed by atoms with Gasteiger partial charge in [-0.2, -0.15) is 0 Å². The van der Waals surface area contributed by atoms with Crippen molar-refractivity contribution < 1.29 is 14.3 Å². The van der Waals surface area contributed by atoms with Gasteiger partial charge in [-0.3, -0.25) is 4.79 Å². The van der Waals surface area contributed by atoms with Crippen molar-refractivity contribution >= 4 is 23.3 Å². The van der Waals surface area contributed by atoms with Crippen molar-refractivity contribution in [2.45, 2.75) is 19.8 Å². The Morgan fingerprint density at radius 1 is 0.964 bits per heavy atom. The predicted molar refractivity (Wildman–Crippen MR) is 111 cm³/mol. The van der Waals surface area contributed by atoms with E-state index in [2.05, 4.69) is 10.6 Å². The van der Waals surface area contributed by atoms with Crippen LogP contribution >= 0.6 is 0 Å². The number of urea groups is 1. The summed E-state index contributed by atoms with van der Waals surface area (Å²) in [6.45, 7) is 3.27. The van der Waals surface area contributed by atoms with Crippen LogP contribution in [-0.2, 0) is 4.79 Å². The maximum atomic E-state index is 12.6. The van der Waals surface area contributed by atoms with Crippen LogP contribution in [0.1, 0.15) is 19.8 Å². The van der Waals surface area contributed by atoms with Gasteiger partial charge in [0.15, 0.2) is 0 Å². The van der Waals surface area contributed by atoms with Crippen molar-refractivity contribution in [2.24, 2.45) is 11.8 Å². The van der Waals surface area contributed by atoms with E-state index in [1.807, 2.05) is 66.4 Å². The molecule has 0 radical (unpaired) electrons. The molecule has 6 heteroatoms. The number of carbonyl (C=O) groups excluding carboxylic acids is 2. The smallest absolute Gasteiger partial charge is 0.321 e. The highest BCUT2D eigenvalue weighted by molar-refractivity contribution is 5.92. The van der Waals surface area contributed by atoms with Gasteiger partial charge >= 0.3 is 6.03 Å². The molecule has 1 saturated heterocycles. The Bertz CT molecular complexity index is 784. The zero-order valence-electron chi connectivity index (χ0n) is 16.4. The number of para-hydroxylation sites is 1. The Labute approximate surface area is 165 Å². The minimum Gasteiger partial charge on any atom is -0.497 e. The molecule has 3 amide bonds. The number of nitrogens with zero attached hydrogens (tertiary/aromatic N) is 1. The SMILES string of the molecule is COc1ccc(NC(=O)C(C)C2CCN(C(=O)Nc3ccccc3)CC2)cc1. The molecule has 0 saturated carbocycles. The number of methoxy groups -OCH3 is 1. The molecule has 0 spiro atoms. The van der Waals surface area contributed by atoms with E-state index >= 15 is 0 Å². The molecule has 1 unspecified atom stereocenters. The minimum atomic E-state index is -0.110. The number of amides is 3. The number of rotatable bonds is 5. The molecule has 2 aromatic rings. The summed E-state index contributed by atoms with van der Waals surface area (Å²) in [5, 5.41) is 5.89. The molecule has 6 nitrogen and oxygen atoms in total. The largest absolute Gasteiger partial charge is 0.497 e. The summed E-state index contributed by atoms with van der Waals surface area (Å²) >= 11 is 0. The summed E-state index contributed by atoms with van der Waals surface area (Å²) in [7, 11) is 1.61. The lowest BCUT2D eigenvalue weighted by molar-refractivity contribution is -0.121. The average molecular weight is 381 g/mol. The number of piperidine rings is 1. The van der Waals surface area contributed by atoms with E-state index in [1.54, 1.807) is 7.11 Å². The van der Waals surface area contributed by atoms with Gasteiger partial charge in [0.1, 0.15) is 5.75 Å². The normalized spacial score (nSPS) is 15.6. The molecule has 1 atom stereocenters. The van der Waals surface area contributed by atoms with Crippen molar-refractivity contribution in [3.8, 4) is 5.75 Å². The third kappa shape index (κ3) is 5.03. The van der Waals surface area contributed by atoms with E-state index in [4.69, 9.17) is 4.74 Å². The quantitative estimate of drug-likeness (QED) is 0.815. The van der Waals surface area contributed by atoms with E-state index in [0.29, 0.717) is 13.1 Å². The highest BCUT2D eigenvalue weighted by atomic mass is 16.5. The second-order valence-corrected chi connectivity index (χ2v) is 7.13. The van der Waals surface area contributed by atoms with Gasteiger partial charge < -0.3 is 20.3 Å². The van der Waals surface area contributed by atoms with E-state index in [1.165, 1.54) is 0 Å². The van der Waals surface area contributed by atoms with Crippen LogP contribution in [-0.4, -0.2) is 37.0 Å². The topological polar surface area (TPSA) is 70.7 Å². The van der Waals surface area contributed by atoms with Crippen LogP contribution in [0.5, 0.6) is 5.75 Å². The van der Waals surface area contributed by atoms with E-state index in [9.17, 15) is 9.59 Å². The zero-order chi connectivity index (χ0) is 19.9. The van der Waals surface area contributed by atoms with Gasteiger partial charge in [-0.1, -0.05) is 25.1 Å². The molecule has 0 aliphatic carbocycles. The summed E-state index contributed by atoms with van der Waals surface area (Å²) in [6, 6.07) is 16.7. The molecule has 3 rings (SSSR count). The van der Waals surface area contributed by atoms with Crippen molar-refractivity contribution in [2.75, 3.05) is 30.8 Å². The number of ether oxygens (including phenoxy) is 1. The van der Waals surface area contributed by atoms with Crippen molar-refractivity contribution in [1.29, 1.82) is 0 Å². The molecule has 1 aliphatic rings. The van der Waals surface area contributed by atoms with Crippen molar-refractivity contribution in [3.05, 3.63) is 54.6 Å². The lowest BCUT2D eigenvalue weighted by atomic mass is 9.85. The number of likely N-dealkylation sites (tertiary alicyclic amines) is 1. The first kappa shape index (κ1) is 19.7. The van der Waals surface area contributed by atoms with Crippen molar-refractivity contribution in [3.63, 3.8) is 0 Å². The lowest BCUT2D eigenvalue weighted by Gasteiger charge is -2.34. The van der Waals surface area contributed by atoms with Crippen LogP contribution in [0.3, 0.4) is 0 Å². The third-order valence-electron chi connectivity index (χ3n) is 5.33. The summed E-state index contributed by atoms with van der Waals surface area (Å²) < 4.78 is 5.13. The number of anilines is 2. The lowest BCUT2D eigenvalue weighted by Crippen LogP contribution is -2.43. The number of hydrogen-bond donors (Lipinski definition) is 2. The van der Waals surface area contributed by atoms with E-state index in [-0.39, 0.29) is 23.8 Å². The predicted octanol–water partition coefficient (Wildman–Crippen LogP) is 4.21. The standard InChI is InChI=1S/C22H27N3O3/c1-16(21(26)23-19-8-10-20(28-2)11-9-19)17-12-14-25(15-13-17)22(27)24-18-6-4-3-5-7-18/h3-11,16-17H,12-15H2,1-2H3,(H,23,26)(H,24,27). The summed E-state index contributed by atoms with van der Waals surface area (Å²) in [4.78, 5) is 26.8. The molecule has 0 aromatic heterocycles. The van der Waals surface area contributed by atoms with Crippen molar-refractivity contribution in [1.82, 2.24) is 4.90 Å². The molecular formula is C22H27N3O3. The monoisotopic (exact) mass is 381 g/mol. The van der Waals surface area contributed by atoms with E-state index in [0.717, 1.165) is 30.0 Å². The molecule has 2 N–H and O–H groups in total. The van der Waals surface area contributed by atoms with Gasteiger partial charge in [-0.05, 0) is 55.2 Å². The Kier molecular flexibility index (Phi) is 6.53. The van der Waals surface area contributed by atoms with Crippen LogP contribution in [0.15, 0.2) is 54.6 Å². The van der Waals surface area contributed by atoms with Crippen LogP contribution < -0.4 is 15.4 Å². The van der Waals surface area contributed by atoms with E-state index < -0.39 is 0 Å². The van der Waals surface area contributed by atoms with Gasteiger partial charge in [0.2, 0.25) is 5.91 Å². The Balaban J connectivity index is 1.47. The number of nitrogens with one attached hydrogen (secondary N) is 2. The second-order valence-electron chi connectivity index (χ2n) is 7.13. The van der Waals surface area contributed by atoms with Crippen LogP contribution in [0.2, 0.25) is 0 Å². The molecule has 1 heterocycles. The number of carbonyl (C=O) groups is 2. The molecule has 1 aliphatic heterocycles. The molecule has 0 bridgehead atoms. The van der Waals surface area contributed by atoms with Gasteiger partial charge in [0, 0.05) is 30.4 Å². The van der Waals surface area contributed by atoms with Gasteiger partial charge in [-0.15, -0.1) is 0 Å². The second kappa shape index (κ2) is 9.26. The number of benzene rings is 2. The summed E-state index contributed by atoms with van der Waals surface area (Å²) in [6.07, 6.45) is 1.64. The first-order chi connectivity index (χ1) is 13.6. The van der Waals surface area contributed by atoms with Gasteiger partial charge in [0.25, 0.3) is 0 Å².